The number of non-ortho nitro benzene ring substituents is 1. The highest BCUT2D eigenvalue weighted by atomic mass is 32.2. The molecule has 0 saturated carbocycles. The zero-order valence-corrected chi connectivity index (χ0v) is 14.6. The summed E-state index contributed by atoms with van der Waals surface area (Å²) in [5.74, 6) is 0.514. The molecule has 0 aliphatic carbocycles. The number of H-pyrrole nitrogens is 1. The quantitative estimate of drug-likeness (QED) is 0.642. The normalized spacial score (nSPS) is 18.2. The summed E-state index contributed by atoms with van der Waals surface area (Å²) >= 11 is 1.33. The number of amides is 1. The lowest BCUT2D eigenvalue weighted by Gasteiger charge is -2.16. The SMILES string of the molecule is CC[C@@H](C)n1[nH]c(=O)c2c1NC(=O)CS[C@H]2c1ccc([N+](=O)[O-])cc1. The van der Waals surface area contributed by atoms with Gasteiger partial charge in [-0.15, -0.1) is 11.8 Å². The molecule has 3 rings (SSSR count). The Morgan fingerprint density at radius 3 is 2.64 bits per heavy atom. The molecule has 0 unspecified atom stereocenters. The molecule has 8 nitrogen and oxygen atoms in total. The lowest BCUT2D eigenvalue weighted by Crippen LogP contribution is -2.18. The smallest absolute Gasteiger partial charge is 0.270 e. The van der Waals surface area contributed by atoms with Crippen molar-refractivity contribution in [2.75, 3.05) is 11.1 Å². The first kappa shape index (κ1) is 17.3. The number of carbonyl (C=O) groups is 1. The van der Waals surface area contributed by atoms with E-state index in [4.69, 9.17) is 0 Å². The van der Waals surface area contributed by atoms with Crippen molar-refractivity contribution in [3.63, 3.8) is 0 Å². The molecule has 0 spiro atoms. The van der Waals surface area contributed by atoms with Gasteiger partial charge in [-0.05, 0) is 18.9 Å². The number of nitrogens with zero attached hydrogens (tertiary/aromatic N) is 2. The summed E-state index contributed by atoms with van der Waals surface area (Å²) in [6.07, 6.45) is 0.794. The minimum atomic E-state index is -0.466. The Morgan fingerprint density at radius 2 is 2.04 bits per heavy atom. The molecule has 1 aliphatic rings. The van der Waals surface area contributed by atoms with Crippen LogP contribution in [0.1, 0.15) is 42.7 Å². The van der Waals surface area contributed by atoms with Crippen LogP contribution in [0, 0.1) is 10.1 Å². The van der Waals surface area contributed by atoms with Crippen molar-refractivity contribution in [2.45, 2.75) is 31.6 Å². The Kier molecular flexibility index (Phi) is 4.67. The van der Waals surface area contributed by atoms with Crippen LogP contribution in [0.4, 0.5) is 11.5 Å². The van der Waals surface area contributed by atoms with Gasteiger partial charge in [0.2, 0.25) is 5.91 Å². The van der Waals surface area contributed by atoms with E-state index in [9.17, 15) is 19.7 Å². The number of carbonyl (C=O) groups excluding carboxylic acids is 1. The van der Waals surface area contributed by atoms with Crippen molar-refractivity contribution in [2.24, 2.45) is 0 Å². The van der Waals surface area contributed by atoms with Gasteiger partial charge in [-0.2, -0.15) is 0 Å². The molecular weight excluding hydrogens is 344 g/mol. The zero-order chi connectivity index (χ0) is 18.1. The van der Waals surface area contributed by atoms with Crippen LogP contribution in [0.15, 0.2) is 29.1 Å². The zero-order valence-electron chi connectivity index (χ0n) is 13.8. The minimum absolute atomic E-state index is 0.0112. The van der Waals surface area contributed by atoms with Crippen LogP contribution < -0.4 is 10.9 Å². The Morgan fingerprint density at radius 1 is 1.36 bits per heavy atom. The molecule has 1 aliphatic heterocycles. The molecule has 2 aromatic rings. The number of nitrogens with one attached hydrogen (secondary N) is 2. The van der Waals surface area contributed by atoms with Crippen LogP contribution in [0.25, 0.3) is 0 Å². The van der Waals surface area contributed by atoms with Crippen molar-refractivity contribution in [1.29, 1.82) is 0 Å². The number of hydrogen-bond acceptors (Lipinski definition) is 5. The second-order valence-corrected chi connectivity index (χ2v) is 7.01. The van der Waals surface area contributed by atoms with E-state index >= 15 is 0 Å². The monoisotopic (exact) mass is 362 g/mol. The highest BCUT2D eigenvalue weighted by molar-refractivity contribution is 8.00. The lowest BCUT2D eigenvalue weighted by atomic mass is 10.1. The van der Waals surface area contributed by atoms with Gasteiger partial charge in [0.1, 0.15) is 5.82 Å². The van der Waals surface area contributed by atoms with Gasteiger partial charge in [-0.1, -0.05) is 19.1 Å². The molecule has 0 fully saturated rings. The summed E-state index contributed by atoms with van der Waals surface area (Å²) in [6.45, 7) is 3.96. The van der Waals surface area contributed by atoms with Crippen LogP contribution in [0.2, 0.25) is 0 Å². The molecular formula is C16H18N4O4S. The predicted molar refractivity (Wildman–Crippen MR) is 96.1 cm³/mol. The fourth-order valence-corrected chi connectivity index (χ4v) is 3.92. The molecule has 2 atom stereocenters. The van der Waals surface area contributed by atoms with Crippen molar-refractivity contribution < 1.29 is 9.72 Å². The summed E-state index contributed by atoms with van der Waals surface area (Å²) < 4.78 is 1.69. The molecule has 1 amide bonds. The topological polar surface area (TPSA) is 110 Å². The summed E-state index contributed by atoms with van der Waals surface area (Å²) in [4.78, 5) is 35.0. The van der Waals surface area contributed by atoms with Gasteiger partial charge >= 0.3 is 0 Å². The third kappa shape index (κ3) is 3.19. The van der Waals surface area contributed by atoms with Crippen LogP contribution in [-0.4, -0.2) is 26.4 Å². The van der Waals surface area contributed by atoms with Gasteiger partial charge < -0.3 is 5.32 Å². The first-order valence-electron chi connectivity index (χ1n) is 7.92. The molecule has 132 valence electrons. The molecule has 0 bridgehead atoms. The average Bonchev–Trinajstić information content (AvgIpc) is 2.80. The number of rotatable bonds is 4. The third-order valence-electron chi connectivity index (χ3n) is 4.30. The lowest BCUT2D eigenvalue weighted by molar-refractivity contribution is -0.384. The summed E-state index contributed by atoms with van der Waals surface area (Å²) in [5, 5.41) is 16.1. The minimum Gasteiger partial charge on any atom is -0.310 e. The van der Waals surface area contributed by atoms with Crippen LogP contribution in [0.3, 0.4) is 0 Å². The maximum absolute atomic E-state index is 12.6. The summed E-state index contributed by atoms with van der Waals surface area (Å²) in [5.41, 5.74) is 0.960. The highest BCUT2D eigenvalue weighted by Gasteiger charge is 2.31. The first-order valence-corrected chi connectivity index (χ1v) is 8.97. The van der Waals surface area contributed by atoms with E-state index in [2.05, 4.69) is 10.4 Å². The Hall–Kier alpha value is -2.55. The standard InChI is InChI=1S/C16H18N4O4S/c1-3-9(2)19-15-13(16(22)18-19)14(25-8-12(21)17-15)10-4-6-11(7-5-10)20(23)24/h4-7,9,14H,3,8H2,1-2H3,(H,17,21)(H,18,22)/t9-,14+/m1/s1. The van der Waals surface area contributed by atoms with Gasteiger partial charge in [0.25, 0.3) is 11.2 Å². The summed E-state index contributed by atoms with van der Waals surface area (Å²) in [7, 11) is 0. The van der Waals surface area contributed by atoms with Crippen molar-refractivity contribution in [3.05, 3.63) is 55.9 Å². The molecule has 2 N–H and O–H groups in total. The van der Waals surface area contributed by atoms with E-state index in [1.165, 1.54) is 23.9 Å². The van der Waals surface area contributed by atoms with E-state index in [0.717, 1.165) is 12.0 Å². The number of nitro groups is 1. The van der Waals surface area contributed by atoms with Gasteiger partial charge in [0.05, 0.1) is 21.5 Å². The molecule has 25 heavy (non-hydrogen) atoms. The predicted octanol–water partition coefficient (Wildman–Crippen LogP) is 2.83. The van der Waals surface area contributed by atoms with Crippen LogP contribution >= 0.6 is 11.8 Å². The number of anilines is 1. The van der Waals surface area contributed by atoms with Crippen molar-refractivity contribution in [3.8, 4) is 0 Å². The fourth-order valence-electron chi connectivity index (χ4n) is 2.79. The largest absolute Gasteiger partial charge is 0.310 e. The molecule has 1 aromatic heterocycles. The molecule has 1 aromatic carbocycles. The summed E-state index contributed by atoms with van der Waals surface area (Å²) in [6, 6.07) is 6.12. The number of aromatic amines is 1. The first-order chi connectivity index (χ1) is 11.9. The molecule has 0 radical (unpaired) electrons. The molecule has 0 saturated heterocycles. The maximum atomic E-state index is 12.6. The highest BCUT2D eigenvalue weighted by Crippen LogP contribution is 2.40. The Bertz CT molecular complexity index is 871. The van der Waals surface area contributed by atoms with Crippen molar-refractivity contribution in [1.82, 2.24) is 9.78 Å². The van der Waals surface area contributed by atoms with Crippen molar-refractivity contribution >= 4 is 29.2 Å². The molecule has 2 heterocycles. The van der Waals surface area contributed by atoms with E-state index in [1.807, 2.05) is 13.8 Å². The second-order valence-electron chi connectivity index (χ2n) is 5.92. The number of nitro benzene ring substituents is 1. The van der Waals surface area contributed by atoms with Gasteiger partial charge in [0.15, 0.2) is 0 Å². The van der Waals surface area contributed by atoms with E-state index in [-0.39, 0.29) is 34.2 Å². The third-order valence-corrected chi connectivity index (χ3v) is 5.57. The molecule has 9 heteroatoms. The van der Waals surface area contributed by atoms with E-state index in [0.29, 0.717) is 11.4 Å². The number of benzene rings is 1. The van der Waals surface area contributed by atoms with E-state index < -0.39 is 4.92 Å². The van der Waals surface area contributed by atoms with Gasteiger partial charge in [0, 0.05) is 18.2 Å². The Balaban J connectivity index is 2.11. The Labute approximate surface area is 147 Å². The van der Waals surface area contributed by atoms with Gasteiger partial charge in [-0.3, -0.25) is 29.5 Å². The van der Waals surface area contributed by atoms with E-state index in [1.54, 1.807) is 16.8 Å². The van der Waals surface area contributed by atoms with Gasteiger partial charge in [-0.25, -0.2) is 0 Å². The number of hydrogen-bond donors (Lipinski definition) is 2. The number of fused-ring (bicyclic) bond motifs is 1. The maximum Gasteiger partial charge on any atom is 0.270 e. The second kappa shape index (κ2) is 6.75. The fraction of sp³-hybridized carbons (Fsp3) is 0.375. The number of aromatic nitrogens is 2. The van der Waals surface area contributed by atoms with Crippen LogP contribution in [0.5, 0.6) is 0 Å². The average molecular weight is 362 g/mol. The van der Waals surface area contributed by atoms with Crippen LogP contribution in [-0.2, 0) is 4.79 Å². The number of thioether (sulfide) groups is 1.